The molecular formula is C19H22N6O2. The monoisotopic (exact) mass is 366 g/mol. The van der Waals surface area contributed by atoms with Crippen molar-refractivity contribution in [2.45, 2.75) is 26.3 Å². The minimum atomic E-state index is -0.347. The number of carbonyl (C=O) groups excluding carboxylic acids is 2. The number of hydrogen-bond donors (Lipinski definition) is 3. The number of benzene rings is 1. The van der Waals surface area contributed by atoms with Gasteiger partial charge in [0.2, 0.25) is 0 Å². The van der Waals surface area contributed by atoms with E-state index in [1.54, 1.807) is 24.3 Å². The van der Waals surface area contributed by atoms with Gasteiger partial charge in [-0.15, -0.1) is 10.2 Å². The van der Waals surface area contributed by atoms with Crippen LogP contribution in [-0.4, -0.2) is 39.1 Å². The van der Waals surface area contributed by atoms with Gasteiger partial charge in [-0.3, -0.25) is 9.20 Å². The molecule has 0 aliphatic rings. The minimum absolute atomic E-state index is 0.00367. The lowest BCUT2D eigenvalue weighted by molar-refractivity contribution is 0.0955. The summed E-state index contributed by atoms with van der Waals surface area (Å²) in [5, 5.41) is 16.6. The van der Waals surface area contributed by atoms with Crippen molar-refractivity contribution < 1.29 is 9.59 Å². The molecule has 3 aromatic rings. The topological polar surface area (TPSA) is 100 Å². The van der Waals surface area contributed by atoms with Crippen molar-refractivity contribution in [2.24, 2.45) is 0 Å². The summed E-state index contributed by atoms with van der Waals surface area (Å²) in [7, 11) is 0. The van der Waals surface area contributed by atoms with Crippen LogP contribution in [0.4, 0.5) is 10.5 Å². The zero-order chi connectivity index (χ0) is 19.2. The van der Waals surface area contributed by atoms with Crippen molar-refractivity contribution in [2.75, 3.05) is 11.9 Å². The Morgan fingerprint density at radius 3 is 2.67 bits per heavy atom. The standard InChI is InChI=1S/C19H22N6O2/c1-13(2)21-19(27)22-15-8-4-3-7-14(15)18(26)20-11-10-17-24-23-16-9-5-6-12-25(16)17/h3-9,12-13H,10-11H2,1-2H3,(H,20,26)(H2,21,22,27). The normalized spacial score (nSPS) is 10.8. The van der Waals surface area contributed by atoms with Crippen molar-refractivity contribution >= 4 is 23.3 Å². The third kappa shape index (κ3) is 4.60. The van der Waals surface area contributed by atoms with E-state index in [-0.39, 0.29) is 18.0 Å². The second kappa shape index (κ2) is 8.31. The van der Waals surface area contributed by atoms with Crippen molar-refractivity contribution in [3.05, 3.63) is 60.0 Å². The molecule has 27 heavy (non-hydrogen) atoms. The van der Waals surface area contributed by atoms with Gasteiger partial charge >= 0.3 is 6.03 Å². The van der Waals surface area contributed by atoms with Crippen LogP contribution in [0.3, 0.4) is 0 Å². The molecule has 0 saturated carbocycles. The lowest BCUT2D eigenvalue weighted by Gasteiger charge is -2.13. The summed E-state index contributed by atoms with van der Waals surface area (Å²) >= 11 is 0. The molecule has 140 valence electrons. The fourth-order valence-corrected chi connectivity index (χ4v) is 2.66. The Morgan fingerprint density at radius 1 is 1.07 bits per heavy atom. The van der Waals surface area contributed by atoms with E-state index in [0.29, 0.717) is 24.2 Å². The first-order chi connectivity index (χ1) is 13.0. The van der Waals surface area contributed by atoms with Gasteiger partial charge in [-0.05, 0) is 38.1 Å². The van der Waals surface area contributed by atoms with Crippen LogP contribution >= 0.6 is 0 Å². The lowest BCUT2D eigenvalue weighted by Crippen LogP contribution is -2.35. The third-order valence-electron chi connectivity index (χ3n) is 3.86. The summed E-state index contributed by atoms with van der Waals surface area (Å²) in [5.74, 6) is 0.512. The first-order valence-corrected chi connectivity index (χ1v) is 8.78. The molecule has 3 amide bonds. The van der Waals surface area contributed by atoms with Crippen molar-refractivity contribution in [1.82, 2.24) is 25.2 Å². The average molecular weight is 366 g/mol. The number of fused-ring (bicyclic) bond motifs is 1. The van der Waals surface area contributed by atoms with Gasteiger partial charge in [0.15, 0.2) is 5.65 Å². The number of carbonyl (C=O) groups is 2. The van der Waals surface area contributed by atoms with Gasteiger partial charge < -0.3 is 16.0 Å². The second-order valence-electron chi connectivity index (χ2n) is 6.35. The molecule has 0 saturated heterocycles. The fourth-order valence-electron chi connectivity index (χ4n) is 2.66. The fraction of sp³-hybridized carbons (Fsp3) is 0.263. The van der Waals surface area contributed by atoms with Gasteiger partial charge in [0.05, 0.1) is 11.3 Å². The van der Waals surface area contributed by atoms with E-state index in [1.807, 2.05) is 42.6 Å². The molecular weight excluding hydrogens is 344 g/mol. The van der Waals surface area contributed by atoms with Gasteiger partial charge in [-0.2, -0.15) is 0 Å². The number of hydrogen-bond acceptors (Lipinski definition) is 4. The summed E-state index contributed by atoms with van der Waals surface area (Å²) in [6.07, 6.45) is 2.43. The molecule has 0 fully saturated rings. The van der Waals surface area contributed by atoms with Crippen molar-refractivity contribution in [3.8, 4) is 0 Å². The first kappa shape index (κ1) is 18.4. The molecule has 0 aliphatic heterocycles. The van der Waals surface area contributed by atoms with Gasteiger partial charge in [-0.25, -0.2) is 4.79 Å². The van der Waals surface area contributed by atoms with Gasteiger partial charge in [0.1, 0.15) is 5.82 Å². The molecule has 0 bridgehead atoms. The van der Waals surface area contributed by atoms with Crippen LogP contribution in [-0.2, 0) is 6.42 Å². The second-order valence-corrected chi connectivity index (χ2v) is 6.35. The van der Waals surface area contributed by atoms with E-state index in [9.17, 15) is 9.59 Å². The molecule has 8 nitrogen and oxygen atoms in total. The molecule has 3 rings (SSSR count). The SMILES string of the molecule is CC(C)NC(=O)Nc1ccccc1C(=O)NCCc1nnc2ccccn12. The summed E-state index contributed by atoms with van der Waals surface area (Å²) in [6, 6.07) is 12.2. The number of anilines is 1. The first-order valence-electron chi connectivity index (χ1n) is 8.78. The Hall–Kier alpha value is -3.42. The predicted molar refractivity (Wildman–Crippen MR) is 103 cm³/mol. The number of amides is 3. The Kier molecular flexibility index (Phi) is 5.65. The summed E-state index contributed by atoms with van der Waals surface area (Å²) in [5.41, 5.74) is 1.63. The van der Waals surface area contributed by atoms with Crippen LogP contribution in [0.15, 0.2) is 48.7 Å². The Labute approximate surface area is 157 Å². The van der Waals surface area contributed by atoms with Crippen LogP contribution in [0, 0.1) is 0 Å². The molecule has 0 radical (unpaired) electrons. The molecule has 0 spiro atoms. The molecule has 0 atom stereocenters. The Balaban J connectivity index is 1.62. The van der Waals surface area contributed by atoms with Crippen molar-refractivity contribution in [1.29, 1.82) is 0 Å². The molecule has 2 aromatic heterocycles. The van der Waals surface area contributed by atoms with Crippen LogP contribution in [0.25, 0.3) is 5.65 Å². The number of pyridine rings is 1. The highest BCUT2D eigenvalue weighted by atomic mass is 16.2. The Bertz CT molecular complexity index is 950. The van der Waals surface area contributed by atoms with Crippen LogP contribution in [0.5, 0.6) is 0 Å². The van der Waals surface area contributed by atoms with E-state index in [4.69, 9.17) is 0 Å². The number of aromatic nitrogens is 3. The maximum Gasteiger partial charge on any atom is 0.319 e. The van der Waals surface area contributed by atoms with Gasteiger partial charge in [-0.1, -0.05) is 18.2 Å². The van der Waals surface area contributed by atoms with E-state index in [0.717, 1.165) is 11.5 Å². The lowest BCUT2D eigenvalue weighted by atomic mass is 10.1. The molecule has 0 unspecified atom stereocenters. The number of nitrogens with one attached hydrogen (secondary N) is 3. The summed E-state index contributed by atoms with van der Waals surface area (Å²) in [6.45, 7) is 4.14. The van der Waals surface area contributed by atoms with Crippen LogP contribution in [0.2, 0.25) is 0 Å². The number of urea groups is 1. The zero-order valence-corrected chi connectivity index (χ0v) is 15.3. The van der Waals surface area contributed by atoms with E-state index >= 15 is 0 Å². The maximum atomic E-state index is 12.5. The maximum absolute atomic E-state index is 12.5. The average Bonchev–Trinajstić information content (AvgIpc) is 3.04. The predicted octanol–water partition coefficient (Wildman–Crippen LogP) is 2.23. The molecule has 3 N–H and O–H groups in total. The third-order valence-corrected chi connectivity index (χ3v) is 3.86. The highest BCUT2D eigenvalue weighted by Crippen LogP contribution is 2.15. The van der Waals surface area contributed by atoms with Crippen LogP contribution in [0.1, 0.15) is 30.0 Å². The quantitative estimate of drug-likeness (QED) is 0.623. The number of rotatable bonds is 6. The van der Waals surface area contributed by atoms with E-state index in [2.05, 4.69) is 26.1 Å². The largest absolute Gasteiger partial charge is 0.352 e. The summed E-state index contributed by atoms with van der Waals surface area (Å²) < 4.78 is 1.89. The highest BCUT2D eigenvalue weighted by molar-refractivity contribution is 6.03. The molecule has 0 aliphatic carbocycles. The smallest absolute Gasteiger partial charge is 0.319 e. The van der Waals surface area contributed by atoms with Gasteiger partial charge in [0, 0.05) is 25.2 Å². The zero-order valence-electron chi connectivity index (χ0n) is 15.3. The van der Waals surface area contributed by atoms with E-state index in [1.165, 1.54) is 0 Å². The minimum Gasteiger partial charge on any atom is -0.352 e. The van der Waals surface area contributed by atoms with Crippen LogP contribution < -0.4 is 16.0 Å². The molecule has 2 heterocycles. The van der Waals surface area contributed by atoms with E-state index < -0.39 is 0 Å². The summed E-state index contributed by atoms with van der Waals surface area (Å²) in [4.78, 5) is 24.5. The molecule has 1 aromatic carbocycles. The number of para-hydroxylation sites is 1. The molecule has 8 heteroatoms. The van der Waals surface area contributed by atoms with Crippen molar-refractivity contribution in [3.63, 3.8) is 0 Å². The number of nitrogens with zero attached hydrogens (tertiary/aromatic N) is 3. The van der Waals surface area contributed by atoms with Gasteiger partial charge in [0.25, 0.3) is 5.91 Å². The Morgan fingerprint density at radius 2 is 1.85 bits per heavy atom. The highest BCUT2D eigenvalue weighted by Gasteiger charge is 2.13.